The second kappa shape index (κ2) is 4.01. The first-order chi connectivity index (χ1) is 4.19. The molecule has 0 aliphatic carbocycles. The Morgan fingerprint density at radius 3 is 1.50 bits per heavy atom. The van der Waals surface area contributed by atoms with Gasteiger partial charge in [-0.25, -0.2) is 0 Å². The molecule has 0 bridgehead atoms. The van der Waals surface area contributed by atoms with Crippen molar-refractivity contribution in [2.75, 3.05) is 0 Å². The van der Waals surface area contributed by atoms with Crippen molar-refractivity contribution in [3.8, 4) is 0 Å². The van der Waals surface area contributed by atoms with Gasteiger partial charge in [-0.15, -0.1) is 0 Å². The van der Waals surface area contributed by atoms with Crippen LogP contribution < -0.4 is 0 Å². The lowest BCUT2D eigenvalue weighted by atomic mass is 9.87. The molecule has 0 saturated heterocycles. The molecule has 0 aliphatic heterocycles. The fourth-order valence-corrected chi connectivity index (χ4v) is 5.79. The van der Waals surface area contributed by atoms with E-state index in [1.165, 1.54) is 0 Å². The summed E-state index contributed by atoms with van der Waals surface area (Å²) in [5.41, 5.74) is -0.378. The molecule has 0 aromatic heterocycles. The van der Waals surface area contributed by atoms with Gasteiger partial charge in [-0.05, 0) is 4.94 Å². The zero-order chi connectivity index (χ0) is 8.58. The van der Waals surface area contributed by atoms with E-state index in [0.717, 1.165) is 0 Å². The molecule has 0 aliphatic rings. The van der Waals surface area contributed by atoms with Crippen molar-refractivity contribution >= 4 is 78.3 Å². The third kappa shape index (κ3) is 2.98. The quantitative estimate of drug-likeness (QED) is 0.484. The molecule has 0 spiro atoms. The third-order valence-electron chi connectivity index (χ3n) is 1.28. The average molecular weight is 392 g/mol. The molecule has 0 saturated carbocycles. The second-order valence-electron chi connectivity index (χ2n) is 2.52. The molecule has 7 heteroatoms. The molecule has 0 aromatic carbocycles. The second-order valence-corrected chi connectivity index (χ2v) is 26.2. The molecule has 0 unspecified atom stereocenters. The van der Waals surface area contributed by atoms with E-state index < -0.39 is 3.93 Å². The van der Waals surface area contributed by atoms with E-state index in [1.54, 1.807) is 0 Å². The summed E-state index contributed by atoms with van der Waals surface area (Å²) < 4.78 is -1.77. The van der Waals surface area contributed by atoms with Crippen molar-refractivity contribution in [2.24, 2.45) is 0 Å². The molecule has 0 nitrogen and oxygen atoms in total. The molecule has 0 heterocycles. The van der Waals surface area contributed by atoms with Gasteiger partial charge in [-0.1, -0.05) is 59.7 Å². The molecule has 10 heavy (non-hydrogen) atoms. The normalized spacial score (nSPS) is 13.5. The summed E-state index contributed by atoms with van der Waals surface area (Å²) in [7, 11) is 0. The Morgan fingerprint density at radius 2 is 1.50 bits per heavy atom. The topological polar surface area (TPSA) is 0 Å². The maximum absolute atomic E-state index is 5.76. The summed E-state index contributed by atoms with van der Waals surface area (Å²) >= 11 is 22.0. The minimum absolute atomic E-state index is 0.143. The van der Waals surface area contributed by atoms with Crippen molar-refractivity contribution in [1.29, 1.82) is 0 Å². The number of rotatable bonds is 2. The predicted molar refractivity (Wildman–Crippen MR) is 64.0 cm³/mol. The van der Waals surface area contributed by atoms with Gasteiger partial charge >= 0.3 is 5.54 Å². The van der Waals surface area contributed by atoms with Crippen LogP contribution in [-0.4, -0.2) is 9.48 Å². The highest BCUT2D eigenvalue weighted by Crippen LogP contribution is 2.52. The third-order valence-corrected chi connectivity index (χ3v) is 13.7. The first kappa shape index (κ1) is 12.3. The van der Waals surface area contributed by atoms with E-state index in [1.807, 2.05) is 13.8 Å². The van der Waals surface area contributed by atoms with Crippen molar-refractivity contribution in [3.05, 3.63) is 0 Å². The molecule has 0 N–H and O–H groups in total. The monoisotopic (exact) mass is 388 g/mol. The lowest BCUT2D eigenvalue weighted by molar-refractivity contribution is 0.952. The highest BCUT2D eigenvalue weighted by Gasteiger charge is 2.48. The van der Waals surface area contributed by atoms with Crippen LogP contribution in [-0.2, 0) is 0 Å². The Kier molecular flexibility index (Phi) is 4.93. The van der Waals surface area contributed by atoms with Crippen LogP contribution in [0.5, 0.6) is 0 Å². The van der Waals surface area contributed by atoms with Crippen LogP contribution in [0.4, 0.5) is 0 Å². The fourth-order valence-electron chi connectivity index (χ4n) is 0.124. The van der Waals surface area contributed by atoms with Crippen molar-refractivity contribution < 1.29 is 0 Å². The lowest BCUT2D eigenvalue weighted by Gasteiger charge is -2.30. The number of halogens is 5. The van der Waals surface area contributed by atoms with Crippen molar-refractivity contribution in [2.45, 2.75) is 18.8 Å². The van der Waals surface area contributed by atoms with Gasteiger partial charge in [0.15, 0.2) is 0 Å². The zero-order valence-electron chi connectivity index (χ0n) is 5.47. The average Bonchev–Trinajstić information content (AvgIpc) is 1.62. The summed E-state index contributed by atoms with van der Waals surface area (Å²) in [6.07, 6.45) is 0. The summed E-state index contributed by atoms with van der Waals surface area (Å²) in [5.74, 6) is 0. The van der Waals surface area contributed by atoms with Gasteiger partial charge in [-0.3, -0.25) is 0 Å². The fraction of sp³-hybridized carbons (Fsp3) is 1.00. The van der Waals surface area contributed by atoms with Crippen LogP contribution in [0.2, 0.25) is 4.94 Å². The zero-order valence-corrected chi connectivity index (χ0v) is 12.7. The van der Waals surface area contributed by atoms with Gasteiger partial charge in [0.1, 0.15) is 0 Å². The van der Waals surface area contributed by atoms with E-state index in [0.29, 0.717) is 0 Å². The van der Waals surface area contributed by atoms with E-state index in [4.69, 9.17) is 22.9 Å². The minimum atomic E-state index is -1.77. The van der Waals surface area contributed by atoms with Gasteiger partial charge in [0, 0.05) is 0 Å². The number of hydrogen-bond donors (Lipinski definition) is 0. The molecule has 0 rings (SSSR count). The van der Waals surface area contributed by atoms with E-state index in [-0.39, 0.29) is 10.5 Å². The van der Waals surface area contributed by atoms with Gasteiger partial charge in [0.25, 0.3) is 3.93 Å². The molecule has 60 valence electrons. The van der Waals surface area contributed by atoms with Gasteiger partial charge < -0.3 is 0 Å². The Bertz CT molecular complexity index is 123. The first-order valence-corrected chi connectivity index (χ1v) is 12.2. The predicted octanol–water partition coefficient (Wildman–Crippen LogP) is 4.40. The van der Waals surface area contributed by atoms with Crippen LogP contribution in [0, 0.1) is 0 Å². The van der Waals surface area contributed by atoms with Gasteiger partial charge in [0.05, 0.1) is 0 Å². The van der Waals surface area contributed by atoms with Crippen LogP contribution >= 0.6 is 68.8 Å². The Balaban J connectivity index is 4.40. The van der Waals surface area contributed by atoms with Gasteiger partial charge in [0.2, 0.25) is 0 Å². The molecular weight excluding hydrogens is 386 g/mol. The molecule has 0 aromatic rings. The first-order valence-electron chi connectivity index (χ1n) is 2.54. The molecule has 0 atom stereocenters. The highest BCUT2D eigenvalue weighted by atomic mass is 80.0. The highest BCUT2D eigenvalue weighted by molar-refractivity contribution is 9.72. The molecular formula is C3H6BBr3Cl2Si. The van der Waals surface area contributed by atoms with E-state index in [9.17, 15) is 0 Å². The standard InChI is InChI=1S/C3H6BBr3Cl2Si/c1-3(2,4(8)9)10(5,6)7/h1-2H3. The van der Waals surface area contributed by atoms with E-state index in [2.05, 4.69) is 45.9 Å². The molecule has 0 amide bonds. The Hall–Kier alpha value is 2.30. The van der Waals surface area contributed by atoms with Crippen LogP contribution in [0.3, 0.4) is 0 Å². The Labute approximate surface area is 96.1 Å². The van der Waals surface area contributed by atoms with E-state index >= 15 is 0 Å². The summed E-state index contributed by atoms with van der Waals surface area (Å²) in [4.78, 5) is -0.143. The largest absolute Gasteiger partial charge is 0.357 e. The minimum Gasteiger partial charge on any atom is -0.171 e. The smallest absolute Gasteiger partial charge is 0.171 e. The summed E-state index contributed by atoms with van der Waals surface area (Å²) in [5, 5.41) is 0. The van der Waals surface area contributed by atoms with Crippen LogP contribution in [0.15, 0.2) is 0 Å². The van der Waals surface area contributed by atoms with Gasteiger partial charge in [-0.2, -0.15) is 22.9 Å². The Morgan fingerprint density at radius 1 is 1.20 bits per heavy atom. The van der Waals surface area contributed by atoms with Crippen molar-refractivity contribution in [3.63, 3.8) is 0 Å². The maximum atomic E-state index is 5.76. The SMILES string of the molecule is CC(C)(B(Cl)Cl)[Si](Br)(Br)Br. The molecule has 0 fully saturated rings. The lowest BCUT2D eigenvalue weighted by Crippen LogP contribution is -2.34. The summed E-state index contributed by atoms with van der Waals surface area (Å²) in [6.45, 7) is 4.00. The summed E-state index contributed by atoms with van der Waals surface area (Å²) in [6, 6.07) is 0. The van der Waals surface area contributed by atoms with Crippen LogP contribution in [0.1, 0.15) is 13.8 Å². The van der Waals surface area contributed by atoms with Crippen LogP contribution in [0.25, 0.3) is 0 Å². The van der Waals surface area contributed by atoms with Crippen molar-refractivity contribution in [1.82, 2.24) is 0 Å². The maximum Gasteiger partial charge on any atom is 0.357 e. The molecule has 0 radical (unpaired) electrons. The number of hydrogen-bond acceptors (Lipinski definition) is 0.